The standard InChI is InChI=1S/C14H19F2NO/c1-10(14-12(15)5-2-6-13(14)16)17-7-3-4-11(8-17)9-18/h2,5-6,10-11,18H,3-4,7-9H2,1H3. The van der Waals surface area contributed by atoms with Crippen molar-refractivity contribution < 1.29 is 13.9 Å². The number of piperidine rings is 1. The van der Waals surface area contributed by atoms with Crippen LogP contribution < -0.4 is 0 Å². The van der Waals surface area contributed by atoms with Gasteiger partial charge in [-0.2, -0.15) is 0 Å². The van der Waals surface area contributed by atoms with E-state index in [-0.39, 0.29) is 24.1 Å². The molecule has 1 aliphatic rings. The lowest BCUT2D eigenvalue weighted by molar-refractivity contribution is 0.0910. The highest BCUT2D eigenvalue weighted by molar-refractivity contribution is 5.23. The van der Waals surface area contributed by atoms with Crippen LogP contribution in [0.25, 0.3) is 0 Å². The van der Waals surface area contributed by atoms with Gasteiger partial charge in [0.05, 0.1) is 0 Å². The van der Waals surface area contributed by atoms with Gasteiger partial charge in [-0.05, 0) is 44.4 Å². The van der Waals surface area contributed by atoms with Crippen LogP contribution >= 0.6 is 0 Å². The van der Waals surface area contributed by atoms with Gasteiger partial charge in [0, 0.05) is 24.8 Å². The Hall–Kier alpha value is -1.00. The summed E-state index contributed by atoms with van der Waals surface area (Å²) < 4.78 is 27.4. The smallest absolute Gasteiger partial charge is 0.130 e. The summed E-state index contributed by atoms with van der Waals surface area (Å²) in [5.74, 6) is -0.765. The summed E-state index contributed by atoms with van der Waals surface area (Å²) in [6.45, 7) is 3.49. The normalized spacial score (nSPS) is 23.0. The minimum absolute atomic E-state index is 0.135. The largest absolute Gasteiger partial charge is 0.396 e. The van der Waals surface area contributed by atoms with Gasteiger partial charge in [0.25, 0.3) is 0 Å². The van der Waals surface area contributed by atoms with Crippen LogP contribution in [-0.2, 0) is 0 Å². The first-order chi connectivity index (χ1) is 8.63. The molecule has 0 amide bonds. The topological polar surface area (TPSA) is 23.5 Å². The zero-order valence-corrected chi connectivity index (χ0v) is 10.6. The maximum absolute atomic E-state index is 13.7. The van der Waals surface area contributed by atoms with Crippen molar-refractivity contribution in [3.8, 4) is 0 Å². The van der Waals surface area contributed by atoms with Crippen molar-refractivity contribution in [2.75, 3.05) is 19.7 Å². The van der Waals surface area contributed by atoms with Gasteiger partial charge in [-0.1, -0.05) is 6.07 Å². The minimum atomic E-state index is -0.492. The molecule has 1 N–H and O–H groups in total. The summed E-state index contributed by atoms with van der Waals surface area (Å²) in [6.07, 6.45) is 1.95. The number of benzene rings is 1. The average molecular weight is 255 g/mol. The van der Waals surface area contributed by atoms with E-state index in [0.717, 1.165) is 19.4 Å². The minimum Gasteiger partial charge on any atom is -0.396 e. The Morgan fingerprint density at radius 1 is 1.39 bits per heavy atom. The predicted molar refractivity (Wildman–Crippen MR) is 66.2 cm³/mol. The Balaban J connectivity index is 2.17. The van der Waals surface area contributed by atoms with Crippen LogP contribution in [0.3, 0.4) is 0 Å². The molecule has 0 spiro atoms. The van der Waals surface area contributed by atoms with E-state index in [2.05, 4.69) is 0 Å². The van der Waals surface area contributed by atoms with Crippen LogP contribution in [-0.4, -0.2) is 29.7 Å². The summed E-state index contributed by atoms with van der Waals surface area (Å²) >= 11 is 0. The Morgan fingerprint density at radius 3 is 2.67 bits per heavy atom. The summed E-state index contributed by atoms with van der Waals surface area (Å²) in [5.41, 5.74) is 0.135. The van der Waals surface area contributed by atoms with E-state index >= 15 is 0 Å². The number of aliphatic hydroxyl groups is 1. The molecule has 1 aliphatic heterocycles. The Kier molecular flexibility index (Phi) is 4.30. The lowest BCUT2D eigenvalue weighted by Gasteiger charge is -2.36. The third-order valence-electron chi connectivity index (χ3n) is 3.77. The molecule has 2 nitrogen and oxygen atoms in total. The number of aliphatic hydroxyl groups excluding tert-OH is 1. The SMILES string of the molecule is CC(c1c(F)cccc1F)N1CCCC(CO)C1. The van der Waals surface area contributed by atoms with Crippen LogP contribution in [0.2, 0.25) is 0 Å². The molecule has 2 rings (SSSR count). The van der Waals surface area contributed by atoms with Crippen LogP contribution in [0.5, 0.6) is 0 Å². The van der Waals surface area contributed by atoms with Crippen LogP contribution in [0, 0.1) is 17.6 Å². The van der Waals surface area contributed by atoms with Gasteiger partial charge in [-0.25, -0.2) is 8.78 Å². The summed E-state index contributed by atoms with van der Waals surface area (Å²) in [4.78, 5) is 2.05. The lowest BCUT2D eigenvalue weighted by Crippen LogP contribution is -2.39. The molecule has 0 aliphatic carbocycles. The maximum Gasteiger partial charge on any atom is 0.130 e. The zero-order valence-electron chi connectivity index (χ0n) is 10.6. The van der Waals surface area contributed by atoms with Gasteiger partial charge in [-0.3, -0.25) is 4.90 Å². The number of hydrogen-bond donors (Lipinski definition) is 1. The first-order valence-corrected chi connectivity index (χ1v) is 6.42. The highest BCUT2D eigenvalue weighted by atomic mass is 19.1. The first-order valence-electron chi connectivity index (χ1n) is 6.42. The second-order valence-electron chi connectivity index (χ2n) is 5.00. The molecule has 18 heavy (non-hydrogen) atoms. The van der Waals surface area contributed by atoms with Crippen molar-refractivity contribution in [3.05, 3.63) is 35.4 Å². The van der Waals surface area contributed by atoms with Gasteiger partial charge in [0.15, 0.2) is 0 Å². The molecule has 2 atom stereocenters. The molecule has 1 heterocycles. The molecule has 1 fully saturated rings. The molecule has 1 aromatic rings. The fraction of sp³-hybridized carbons (Fsp3) is 0.571. The summed E-state index contributed by atoms with van der Waals surface area (Å²) in [6, 6.07) is 3.68. The van der Waals surface area contributed by atoms with Crippen LogP contribution in [0.15, 0.2) is 18.2 Å². The Morgan fingerprint density at radius 2 is 2.06 bits per heavy atom. The molecule has 1 saturated heterocycles. The fourth-order valence-corrected chi connectivity index (χ4v) is 2.69. The Labute approximate surface area is 106 Å². The third-order valence-corrected chi connectivity index (χ3v) is 3.77. The van der Waals surface area contributed by atoms with Gasteiger partial charge >= 0.3 is 0 Å². The van der Waals surface area contributed by atoms with Gasteiger partial charge in [0.1, 0.15) is 11.6 Å². The van der Waals surface area contributed by atoms with E-state index < -0.39 is 11.6 Å². The van der Waals surface area contributed by atoms with Crippen molar-refractivity contribution in [2.24, 2.45) is 5.92 Å². The number of nitrogens with zero attached hydrogens (tertiary/aromatic N) is 1. The average Bonchev–Trinajstić information content (AvgIpc) is 2.38. The molecule has 0 bridgehead atoms. The van der Waals surface area contributed by atoms with Crippen LogP contribution in [0.4, 0.5) is 8.78 Å². The number of halogens is 2. The van der Waals surface area contributed by atoms with Gasteiger partial charge < -0.3 is 5.11 Å². The molecular weight excluding hydrogens is 236 g/mol. The zero-order chi connectivity index (χ0) is 13.1. The second kappa shape index (κ2) is 5.76. The number of likely N-dealkylation sites (tertiary alicyclic amines) is 1. The quantitative estimate of drug-likeness (QED) is 0.897. The van der Waals surface area contributed by atoms with E-state index in [1.54, 1.807) is 0 Å². The van der Waals surface area contributed by atoms with Crippen molar-refractivity contribution in [3.63, 3.8) is 0 Å². The molecule has 0 aromatic heterocycles. The molecule has 4 heteroatoms. The number of hydrogen-bond acceptors (Lipinski definition) is 2. The van der Waals surface area contributed by atoms with Crippen molar-refractivity contribution in [1.29, 1.82) is 0 Å². The third kappa shape index (κ3) is 2.70. The summed E-state index contributed by atoms with van der Waals surface area (Å²) in [7, 11) is 0. The maximum atomic E-state index is 13.7. The predicted octanol–water partition coefficient (Wildman–Crippen LogP) is 2.73. The van der Waals surface area contributed by atoms with E-state index in [1.807, 2.05) is 11.8 Å². The molecular formula is C14H19F2NO. The molecule has 2 unspecified atom stereocenters. The highest BCUT2D eigenvalue weighted by Crippen LogP contribution is 2.29. The van der Waals surface area contributed by atoms with Crippen molar-refractivity contribution in [2.45, 2.75) is 25.8 Å². The van der Waals surface area contributed by atoms with Crippen molar-refractivity contribution >= 4 is 0 Å². The van der Waals surface area contributed by atoms with E-state index in [0.29, 0.717) is 6.54 Å². The van der Waals surface area contributed by atoms with E-state index in [1.165, 1.54) is 18.2 Å². The highest BCUT2D eigenvalue weighted by Gasteiger charge is 2.27. The van der Waals surface area contributed by atoms with Gasteiger partial charge in [0.2, 0.25) is 0 Å². The van der Waals surface area contributed by atoms with Gasteiger partial charge in [-0.15, -0.1) is 0 Å². The molecule has 100 valence electrons. The van der Waals surface area contributed by atoms with E-state index in [9.17, 15) is 13.9 Å². The second-order valence-corrected chi connectivity index (χ2v) is 5.00. The van der Waals surface area contributed by atoms with Crippen LogP contribution in [0.1, 0.15) is 31.4 Å². The molecule has 0 radical (unpaired) electrons. The fourth-order valence-electron chi connectivity index (χ4n) is 2.69. The first kappa shape index (κ1) is 13.4. The summed E-state index contributed by atoms with van der Waals surface area (Å²) in [5, 5.41) is 9.20. The van der Waals surface area contributed by atoms with Crippen molar-refractivity contribution in [1.82, 2.24) is 4.90 Å². The number of rotatable bonds is 3. The Bertz CT molecular complexity index is 391. The lowest BCUT2D eigenvalue weighted by atomic mass is 9.95. The monoisotopic (exact) mass is 255 g/mol. The molecule has 1 aromatic carbocycles. The molecule has 0 saturated carbocycles. The van der Waals surface area contributed by atoms with E-state index in [4.69, 9.17) is 0 Å².